The third kappa shape index (κ3) is 5.30. The molecule has 0 saturated carbocycles. The van der Waals surface area contributed by atoms with Crippen LogP contribution < -0.4 is 4.74 Å². The molecule has 0 bridgehead atoms. The summed E-state index contributed by atoms with van der Waals surface area (Å²) >= 11 is 0. The normalized spacial score (nSPS) is 10.7. The Labute approximate surface area is 121 Å². The molecule has 0 unspecified atom stereocenters. The number of benzene rings is 1. The summed E-state index contributed by atoms with van der Waals surface area (Å²) in [5, 5.41) is 22.0. The van der Waals surface area contributed by atoms with Gasteiger partial charge in [-0.05, 0) is 35.7 Å². The van der Waals surface area contributed by atoms with Crippen LogP contribution in [0.3, 0.4) is 0 Å². The maximum Gasteiger partial charge on any atom is 0.328 e. The number of aromatic hydroxyl groups is 1. The van der Waals surface area contributed by atoms with Crippen LogP contribution in [0.25, 0.3) is 22.6 Å². The van der Waals surface area contributed by atoms with E-state index in [2.05, 4.69) is 10.0 Å². The summed E-state index contributed by atoms with van der Waals surface area (Å²) in [6.07, 6.45) is 6.33. The van der Waals surface area contributed by atoms with E-state index in [-0.39, 0.29) is 11.5 Å². The van der Waals surface area contributed by atoms with Crippen molar-refractivity contribution in [2.75, 3.05) is 13.7 Å². The van der Waals surface area contributed by atoms with Gasteiger partial charge in [-0.2, -0.15) is 0 Å². The van der Waals surface area contributed by atoms with Gasteiger partial charge in [0.05, 0.1) is 7.11 Å². The minimum absolute atomic E-state index is 0.0370. The summed E-state index contributed by atoms with van der Waals surface area (Å²) in [5.41, 5.74) is 9.23. The Hall–Kier alpha value is -2.92. The molecule has 1 aromatic rings. The topological polar surface area (TPSA) is 116 Å². The van der Waals surface area contributed by atoms with Crippen LogP contribution in [-0.4, -0.2) is 29.8 Å². The minimum atomic E-state index is -1.06. The van der Waals surface area contributed by atoms with Crippen LogP contribution in [0.15, 0.2) is 29.4 Å². The zero-order valence-electron chi connectivity index (χ0n) is 11.4. The Bertz CT molecular complexity index is 617. The van der Waals surface area contributed by atoms with E-state index >= 15 is 0 Å². The number of carboxylic acids is 1. The zero-order valence-corrected chi connectivity index (χ0v) is 11.4. The Kier molecular flexibility index (Phi) is 6.37. The molecular weight excluding hydrogens is 274 g/mol. The van der Waals surface area contributed by atoms with E-state index in [0.29, 0.717) is 24.1 Å². The SMILES string of the molecule is COc1cc(C=CC(=O)O)cc(C=CCCN=[N+]=[N-])c1O. The number of hydrogen-bond donors (Lipinski definition) is 2. The number of nitrogens with zero attached hydrogens (tertiary/aromatic N) is 3. The lowest BCUT2D eigenvalue weighted by atomic mass is 10.1. The molecule has 21 heavy (non-hydrogen) atoms. The molecule has 0 spiro atoms. The lowest BCUT2D eigenvalue weighted by molar-refractivity contribution is -0.131. The Balaban J connectivity index is 3.03. The highest BCUT2D eigenvalue weighted by molar-refractivity contribution is 5.85. The monoisotopic (exact) mass is 289 g/mol. The molecule has 0 aliphatic carbocycles. The fourth-order valence-corrected chi connectivity index (χ4v) is 1.59. The minimum Gasteiger partial charge on any atom is -0.504 e. The van der Waals surface area contributed by atoms with Crippen LogP contribution in [0, 0.1) is 0 Å². The molecule has 0 aromatic heterocycles. The van der Waals surface area contributed by atoms with Gasteiger partial charge in [0.2, 0.25) is 0 Å². The summed E-state index contributed by atoms with van der Waals surface area (Å²) in [7, 11) is 1.41. The number of ether oxygens (including phenoxy) is 1. The van der Waals surface area contributed by atoms with Gasteiger partial charge in [-0.1, -0.05) is 17.3 Å². The summed E-state index contributed by atoms with van der Waals surface area (Å²) in [6, 6.07) is 3.16. The largest absolute Gasteiger partial charge is 0.504 e. The van der Waals surface area contributed by atoms with Crippen LogP contribution in [0.5, 0.6) is 11.5 Å². The number of aliphatic carboxylic acids is 1. The molecular formula is C14H15N3O4. The molecule has 0 radical (unpaired) electrons. The van der Waals surface area contributed by atoms with Crippen molar-refractivity contribution in [1.82, 2.24) is 0 Å². The highest BCUT2D eigenvalue weighted by atomic mass is 16.5. The Morgan fingerprint density at radius 2 is 2.24 bits per heavy atom. The van der Waals surface area contributed by atoms with Crippen molar-refractivity contribution in [3.63, 3.8) is 0 Å². The second-order valence-electron chi connectivity index (χ2n) is 3.98. The maximum atomic E-state index is 10.5. The van der Waals surface area contributed by atoms with Crippen molar-refractivity contribution >= 4 is 18.1 Å². The number of carbonyl (C=O) groups is 1. The van der Waals surface area contributed by atoms with Gasteiger partial charge >= 0.3 is 5.97 Å². The Morgan fingerprint density at radius 1 is 1.48 bits per heavy atom. The molecule has 1 aromatic carbocycles. The first kappa shape index (κ1) is 16.1. The molecule has 0 atom stereocenters. The van der Waals surface area contributed by atoms with Crippen LogP contribution >= 0.6 is 0 Å². The van der Waals surface area contributed by atoms with Crippen LogP contribution in [0.2, 0.25) is 0 Å². The van der Waals surface area contributed by atoms with E-state index in [1.54, 1.807) is 18.2 Å². The number of phenolic OH excluding ortho intramolecular Hbond substituents is 1. The van der Waals surface area contributed by atoms with Gasteiger partial charge in [0, 0.05) is 23.1 Å². The molecule has 2 N–H and O–H groups in total. The molecule has 7 nitrogen and oxygen atoms in total. The average Bonchev–Trinajstić information content (AvgIpc) is 2.47. The van der Waals surface area contributed by atoms with E-state index in [9.17, 15) is 9.90 Å². The predicted octanol–water partition coefficient (Wildman–Crippen LogP) is 3.21. The standard InChI is InChI=1S/C14H15N3O4/c1-21-12-9-10(5-6-13(18)19)8-11(14(12)20)4-2-3-7-16-17-15/h2,4-6,8-9,20H,3,7H2,1H3,(H,18,19). The molecule has 7 heteroatoms. The lowest BCUT2D eigenvalue weighted by Gasteiger charge is -2.08. The predicted molar refractivity (Wildman–Crippen MR) is 79.0 cm³/mol. The molecule has 0 fully saturated rings. The first-order valence-corrected chi connectivity index (χ1v) is 6.08. The van der Waals surface area contributed by atoms with Gasteiger partial charge in [-0.25, -0.2) is 4.79 Å². The van der Waals surface area contributed by atoms with Gasteiger partial charge in [-0.3, -0.25) is 0 Å². The smallest absolute Gasteiger partial charge is 0.328 e. The van der Waals surface area contributed by atoms with Crippen LogP contribution in [0.1, 0.15) is 17.5 Å². The number of rotatable bonds is 7. The fraction of sp³-hybridized carbons (Fsp3) is 0.214. The number of carboxylic acid groups (broad SMARTS) is 1. The van der Waals surface area contributed by atoms with Gasteiger partial charge in [0.15, 0.2) is 11.5 Å². The van der Waals surface area contributed by atoms with E-state index in [1.165, 1.54) is 19.3 Å². The highest BCUT2D eigenvalue weighted by Gasteiger charge is 2.07. The van der Waals surface area contributed by atoms with Crippen LogP contribution in [0.4, 0.5) is 0 Å². The van der Waals surface area contributed by atoms with E-state index in [1.807, 2.05) is 0 Å². The molecule has 0 amide bonds. The number of methoxy groups -OCH3 is 1. The summed E-state index contributed by atoms with van der Waals surface area (Å²) < 4.78 is 5.05. The molecule has 0 saturated heterocycles. The van der Waals surface area contributed by atoms with E-state index in [0.717, 1.165) is 6.08 Å². The van der Waals surface area contributed by atoms with Gasteiger partial charge < -0.3 is 14.9 Å². The summed E-state index contributed by atoms with van der Waals surface area (Å²) in [4.78, 5) is 13.2. The first-order valence-electron chi connectivity index (χ1n) is 6.08. The quantitative estimate of drug-likeness (QED) is 0.263. The van der Waals surface area contributed by atoms with Crippen molar-refractivity contribution in [3.05, 3.63) is 45.9 Å². The lowest BCUT2D eigenvalue weighted by Crippen LogP contribution is -1.89. The molecule has 0 aliphatic heterocycles. The first-order chi connectivity index (χ1) is 10.1. The van der Waals surface area contributed by atoms with Crippen molar-refractivity contribution in [1.29, 1.82) is 0 Å². The van der Waals surface area contributed by atoms with Crippen molar-refractivity contribution < 1.29 is 19.7 Å². The van der Waals surface area contributed by atoms with E-state index in [4.69, 9.17) is 15.4 Å². The zero-order chi connectivity index (χ0) is 15.7. The molecule has 0 aliphatic rings. The van der Waals surface area contributed by atoms with E-state index < -0.39 is 5.97 Å². The second-order valence-corrected chi connectivity index (χ2v) is 3.98. The third-order valence-corrected chi connectivity index (χ3v) is 2.52. The number of azide groups is 1. The van der Waals surface area contributed by atoms with Crippen molar-refractivity contribution in [2.24, 2.45) is 5.11 Å². The summed E-state index contributed by atoms with van der Waals surface area (Å²) in [5.74, 6) is -0.851. The van der Waals surface area contributed by atoms with Crippen molar-refractivity contribution in [2.45, 2.75) is 6.42 Å². The van der Waals surface area contributed by atoms with Gasteiger partial charge in [-0.15, -0.1) is 0 Å². The second kappa shape index (κ2) is 8.29. The number of phenols is 1. The summed E-state index contributed by atoms with van der Waals surface area (Å²) in [6.45, 7) is 0.323. The third-order valence-electron chi connectivity index (χ3n) is 2.52. The average molecular weight is 289 g/mol. The van der Waals surface area contributed by atoms with Crippen molar-refractivity contribution in [3.8, 4) is 11.5 Å². The molecule has 110 valence electrons. The highest BCUT2D eigenvalue weighted by Crippen LogP contribution is 2.32. The number of hydrogen-bond acceptors (Lipinski definition) is 4. The fourth-order valence-electron chi connectivity index (χ4n) is 1.59. The maximum absolute atomic E-state index is 10.5. The van der Waals surface area contributed by atoms with Gasteiger partial charge in [0.25, 0.3) is 0 Å². The Morgan fingerprint density at radius 3 is 2.86 bits per heavy atom. The molecule has 0 heterocycles. The molecule has 1 rings (SSSR count). The van der Waals surface area contributed by atoms with Gasteiger partial charge in [0.1, 0.15) is 0 Å². The van der Waals surface area contributed by atoms with Crippen LogP contribution in [-0.2, 0) is 4.79 Å².